The van der Waals surface area contributed by atoms with Gasteiger partial charge >= 0.3 is 0 Å². The van der Waals surface area contributed by atoms with Crippen LogP contribution < -0.4 is 5.32 Å². The lowest BCUT2D eigenvalue weighted by Crippen LogP contribution is -2.44. The Hall–Kier alpha value is -2.59. The minimum absolute atomic E-state index is 0.179. The number of aromatic nitrogens is 1. The van der Waals surface area contributed by atoms with Crippen LogP contribution >= 0.6 is 22.7 Å². The van der Waals surface area contributed by atoms with Crippen molar-refractivity contribution in [3.8, 4) is 0 Å². The topological polar surface area (TPSA) is 99.7 Å². The van der Waals surface area contributed by atoms with Crippen molar-refractivity contribution >= 4 is 51.4 Å². The highest BCUT2D eigenvalue weighted by atomic mass is 32.1. The van der Waals surface area contributed by atoms with Crippen molar-refractivity contribution in [3.05, 3.63) is 33.0 Å². The summed E-state index contributed by atoms with van der Waals surface area (Å²) in [6, 6.07) is 1.74. The van der Waals surface area contributed by atoms with Crippen molar-refractivity contribution in [2.45, 2.75) is 25.8 Å². The van der Waals surface area contributed by atoms with Gasteiger partial charge in [-0.2, -0.15) is 11.3 Å². The molecular weight excluding hydrogens is 388 g/mol. The molecule has 2 aromatic heterocycles. The zero-order chi connectivity index (χ0) is 19.0. The van der Waals surface area contributed by atoms with Gasteiger partial charge in [0.05, 0.1) is 17.8 Å². The smallest absolute Gasteiger partial charge is 0.258 e. The van der Waals surface area contributed by atoms with Gasteiger partial charge in [0.2, 0.25) is 17.7 Å². The fourth-order valence-corrected chi connectivity index (χ4v) is 4.71. The molecule has 0 aromatic carbocycles. The Morgan fingerprint density at radius 1 is 1.19 bits per heavy atom. The maximum Gasteiger partial charge on any atom is 0.258 e. The first kappa shape index (κ1) is 17.8. The fraction of sp³-hybridized carbons (Fsp3) is 0.353. The van der Waals surface area contributed by atoms with Crippen molar-refractivity contribution in [2.24, 2.45) is 0 Å². The third-order valence-electron chi connectivity index (χ3n) is 4.54. The Kier molecular flexibility index (Phi) is 4.75. The molecule has 0 atom stereocenters. The van der Waals surface area contributed by atoms with E-state index in [-0.39, 0.29) is 43.0 Å². The van der Waals surface area contributed by atoms with Crippen molar-refractivity contribution in [1.82, 2.24) is 14.8 Å². The molecule has 4 rings (SSSR count). The van der Waals surface area contributed by atoms with Crippen molar-refractivity contribution in [3.63, 3.8) is 0 Å². The number of likely N-dealkylation sites (tertiary alicyclic amines) is 1. The molecule has 2 aliphatic heterocycles. The van der Waals surface area contributed by atoms with Crippen LogP contribution in [0.5, 0.6) is 0 Å². The Morgan fingerprint density at radius 2 is 1.96 bits per heavy atom. The van der Waals surface area contributed by atoms with Gasteiger partial charge in [-0.05, 0) is 11.4 Å². The number of rotatable bonds is 4. The van der Waals surface area contributed by atoms with Crippen LogP contribution in [0.3, 0.4) is 0 Å². The van der Waals surface area contributed by atoms with Crippen molar-refractivity contribution in [2.75, 3.05) is 18.4 Å². The molecule has 4 heterocycles. The third-order valence-corrected chi connectivity index (χ3v) is 6.22. The largest absolute Gasteiger partial charge is 0.336 e. The molecule has 0 bridgehead atoms. The maximum absolute atomic E-state index is 12.5. The predicted molar refractivity (Wildman–Crippen MR) is 99.5 cm³/mol. The van der Waals surface area contributed by atoms with Gasteiger partial charge in [0.15, 0.2) is 5.13 Å². The first-order valence-electron chi connectivity index (χ1n) is 8.44. The van der Waals surface area contributed by atoms with Crippen LogP contribution in [-0.2, 0) is 27.3 Å². The summed E-state index contributed by atoms with van der Waals surface area (Å²) in [7, 11) is 0. The molecule has 8 nitrogen and oxygen atoms in total. The molecule has 1 N–H and O–H groups in total. The van der Waals surface area contributed by atoms with Gasteiger partial charge in [-0.1, -0.05) is 11.3 Å². The van der Waals surface area contributed by atoms with Crippen molar-refractivity contribution in [1.29, 1.82) is 0 Å². The predicted octanol–water partition coefficient (Wildman–Crippen LogP) is 1.49. The summed E-state index contributed by atoms with van der Waals surface area (Å²) in [5, 5.41) is 6.90. The van der Waals surface area contributed by atoms with E-state index in [1.54, 1.807) is 16.3 Å². The van der Waals surface area contributed by atoms with E-state index in [0.717, 1.165) is 15.5 Å². The van der Waals surface area contributed by atoms with E-state index in [1.807, 2.05) is 5.38 Å². The molecule has 10 heteroatoms. The number of hydrogen-bond acceptors (Lipinski definition) is 7. The van der Waals surface area contributed by atoms with Gasteiger partial charge in [0, 0.05) is 36.1 Å². The second-order valence-electron chi connectivity index (χ2n) is 6.29. The second-order valence-corrected chi connectivity index (χ2v) is 8.16. The van der Waals surface area contributed by atoms with Crippen LogP contribution in [0.1, 0.15) is 33.8 Å². The highest BCUT2D eigenvalue weighted by Crippen LogP contribution is 2.29. The lowest BCUT2D eigenvalue weighted by atomic mass is 10.2. The molecule has 1 saturated heterocycles. The molecule has 0 aliphatic carbocycles. The molecule has 2 aliphatic rings. The Labute approximate surface area is 162 Å². The molecule has 27 heavy (non-hydrogen) atoms. The summed E-state index contributed by atoms with van der Waals surface area (Å²) in [5.74, 6) is -1.03. The van der Waals surface area contributed by atoms with E-state index in [0.29, 0.717) is 30.2 Å². The average Bonchev–Trinajstić information content (AvgIpc) is 3.37. The summed E-state index contributed by atoms with van der Waals surface area (Å²) in [4.78, 5) is 56.1. The molecular formula is C17H16N4O4S2. The average molecular weight is 404 g/mol. The number of imide groups is 1. The van der Waals surface area contributed by atoms with Crippen LogP contribution in [0.4, 0.5) is 5.13 Å². The molecule has 2 aromatic rings. The zero-order valence-electron chi connectivity index (χ0n) is 14.3. The zero-order valence-corrected chi connectivity index (χ0v) is 15.9. The Morgan fingerprint density at radius 3 is 2.67 bits per heavy atom. The van der Waals surface area contributed by atoms with Crippen LogP contribution in [-0.4, -0.2) is 51.5 Å². The molecule has 0 saturated carbocycles. The third kappa shape index (κ3) is 3.62. The fourth-order valence-electron chi connectivity index (χ4n) is 3.06. The number of carbonyl (C=O) groups excluding carboxylic acids is 4. The number of fused-ring (bicyclic) bond motifs is 1. The second kappa shape index (κ2) is 7.20. The van der Waals surface area contributed by atoms with Gasteiger partial charge in [-0.25, -0.2) is 4.98 Å². The van der Waals surface area contributed by atoms with Gasteiger partial charge < -0.3 is 4.90 Å². The lowest BCUT2D eigenvalue weighted by molar-refractivity contribution is -0.145. The number of thiophene rings is 1. The van der Waals surface area contributed by atoms with E-state index in [4.69, 9.17) is 0 Å². The number of nitrogens with zero attached hydrogens (tertiary/aromatic N) is 3. The Bertz CT molecular complexity index is 906. The van der Waals surface area contributed by atoms with Crippen LogP contribution in [0.2, 0.25) is 0 Å². The van der Waals surface area contributed by atoms with Gasteiger partial charge in [-0.3, -0.25) is 29.4 Å². The first-order chi connectivity index (χ1) is 13.0. The highest BCUT2D eigenvalue weighted by Gasteiger charge is 2.33. The molecule has 0 radical (unpaired) electrons. The maximum atomic E-state index is 12.5. The van der Waals surface area contributed by atoms with E-state index >= 15 is 0 Å². The molecule has 4 amide bonds. The number of anilines is 1. The molecule has 1 fully saturated rings. The van der Waals surface area contributed by atoms with Gasteiger partial charge in [0.25, 0.3) is 5.91 Å². The minimum Gasteiger partial charge on any atom is -0.336 e. The molecule has 140 valence electrons. The van der Waals surface area contributed by atoms with E-state index < -0.39 is 0 Å². The monoisotopic (exact) mass is 404 g/mol. The minimum atomic E-state index is -0.290. The normalized spacial score (nSPS) is 16.6. The van der Waals surface area contributed by atoms with Crippen LogP contribution in [0.15, 0.2) is 16.8 Å². The highest BCUT2D eigenvalue weighted by molar-refractivity contribution is 7.16. The number of nitrogens with one attached hydrogen (secondary N) is 1. The number of carbonyl (C=O) groups is 4. The number of thiazole rings is 1. The van der Waals surface area contributed by atoms with E-state index in [9.17, 15) is 19.2 Å². The van der Waals surface area contributed by atoms with Crippen molar-refractivity contribution < 1.29 is 19.2 Å². The lowest BCUT2D eigenvalue weighted by Gasteiger charge is -2.27. The summed E-state index contributed by atoms with van der Waals surface area (Å²) in [6.45, 7) is 0.646. The standard InChI is InChI=1S/C17H16N4O4S2/c22-13-1-2-14(23)21(13)8-15(24)20-5-3-11-12(7-20)27-17(18-11)19-16(25)10-4-6-26-9-10/h4,6,9H,1-3,5,7-8H2,(H,18,19,25). The van der Waals surface area contributed by atoms with Gasteiger partial charge in [-0.15, -0.1) is 0 Å². The van der Waals surface area contributed by atoms with Crippen LogP contribution in [0, 0.1) is 0 Å². The Balaban J connectivity index is 1.40. The summed E-state index contributed by atoms with van der Waals surface area (Å²) in [6.07, 6.45) is 0.935. The summed E-state index contributed by atoms with van der Waals surface area (Å²) < 4.78 is 0. The summed E-state index contributed by atoms with van der Waals surface area (Å²) in [5.41, 5.74) is 1.46. The number of hydrogen-bond donors (Lipinski definition) is 1. The number of amides is 4. The van der Waals surface area contributed by atoms with E-state index in [1.165, 1.54) is 22.7 Å². The first-order valence-corrected chi connectivity index (χ1v) is 10.2. The molecule has 0 unspecified atom stereocenters. The van der Waals surface area contributed by atoms with E-state index in [2.05, 4.69) is 10.3 Å². The molecule has 0 spiro atoms. The van der Waals surface area contributed by atoms with Gasteiger partial charge in [0.1, 0.15) is 6.54 Å². The summed E-state index contributed by atoms with van der Waals surface area (Å²) >= 11 is 2.79. The van der Waals surface area contributed by atoms with Crippen LogP contribution in [0.25, 0.3) is 0 Å². The quantitative estimate of drug-likeness (QED) is 0.779. The SMILES string of the molecule is O=C(Nc1nc2c(s1)CN(C(=O)CN1C(=O)CCC1=O)CC2)c1ccsc1.